The van der Waals surface area contributed by atoms with Gasteiger partial charge in [-0.25, -0.2) is 0 Å². The number of rotatable bonds is 3. The zero-order valence-electron chi connectivity index (χ0n) is 11.8. The summed E-state index contributed by atoms with van der Waals surface area (Å²) in [6.45, 7) is 3.37. The lowest BCUT2D eigenvalue weighted by molar-refractivity contribution is 0.0737. The molecule has 3 heterocycles. The van der Waals surface area contributed by atoms with Gasteiger partial charge in [-0.3, -0.25) is 9.89 Å². The van der Waals surface area contributed by atoms with Crippen molar-refractivity contribution in [1.82, 2.24) is 15.1 Å². The minimum Gasteiger partial charge on any atom is -0.463 e. The molecule has 7 heteroatoms. The normalized spacial score (nSPS) is 21.3. The summed E-state index contributed by atoms with van der Waals surface area (Å²) in [7, 11) is 0. The van der Waals surface area contributed by atoms with Crippen molar-refractivity contribution in [3.8, 4) is 11.5 Å². The second-order valence-electron chi connectivity index (χ2n) is 5.29. The SMILES string of the molecule is CC1CC(CN)CN1C(=O)c1cc(-c2ccco2)[nH]n1.Cl. The smallest absolute Gasteiger partial charge is 0.274 e. The third-order valence-electron chi connectivity index (χ3n) is 3.84. The van der Waals surface area contributed by atoms with E-state index >= 15 is 0 Å². The Morgan fingerprint density at radius 2 is 2.43 bits per heavy atom. The van der Waals surface area contributed by atoms with E-state index in [-0.39, 0.29) is 24.4 Å². The number of nitrogens with one attached hydrogen (secondary N) is 1. The summed E-state index contributed by atoms with van der Waals surface area (Å²) in [5.41, 5.74) is 6.82. The Bertz CT molecular complexity index is 596. The Morgan fingerprint density at radius 3 is 3.05 bits per heavy atom. The lowest BCUT2D eigenvalue weighted by Crippen LogP contribution is -2.34. The van der Waals surface area contributed by atoms with Crippen LogP contribution >= 0.6 is 12.4 Å². The molecular weight excluding hydrogens is 292 g/mol. The zero-order valence-corrected chi connectivity index (χ0v) is 12.6. The van der Waals surface area contributed by atoms with Crippen LogP contribution < -0.4 is 5.73 Å². The van der Waals surface area contributed by atoms with Crippen LogP contribution in [0.5, 0.6) is 0 Å². The van der Waals surface area contributed by atoms with Crippen LogP contribution in [0.3, 0.4) is 0 Å². The molecule has 21 heavy (non-hydrogen) atoms. The number of hydrogen-bond acceptors (Lipinski definition) is 4. The van der Waals surface area contributed by atoms with Gasteiger partial charge in [0.05, 0.1) is 6.26 Å². The van der Waals surface area contributed by atoms with Gasteiger partial charge >= 0.3 is 0 Å². The number of aromatic amines is 1. The van der Waals surface area contributed by atoms with Gasteiger partial charge in [0.25, 0.3) is 5.91 Å². The lowest BCUT2D eigenvalue weighted by atomic mass is 10.1. The summed E-state index contributed by atoms with van der Waals surface area (Å²) in [5.74, 6) is 1.01. The fourth-order valence-electron chi connectivity index (χ4n) is 2.73. The summed E-state index contributed by atoms with van der Waals surface area (Å²) < 4.78 is 5.28. The number of carbonyl (C=O) groups excluding carboxylic acids is 1. The van der Waals surface area contributed by atoms with Gasteiger partial charge < -0.3 is 15.1 Å². The van der Waals surface area contributed by atoms with Crippen molar-refractivity contribution in [3.05, 3.63) is 30.2 Å². The molecule has 1 aliphatic heterocycles. The van der Waals surface area contributed by atoms with Crippen LogP contribution in [-0.4, -0.2) is 40.1 Å². The van der Waals surface area contributed by atoms with Gasteiger partial charge in [-0.05, 0) is 37.9 Å². The number of hydrogen-bond donors (Lipinski definition) is 2. The van der Waals surface area contributed by atoms with E-state index in [1.807, 2.05) is 17.9 Å². The number of nitrogens with two attached hydrogens (primary N) is 1. The molecule has 0 saturated carbocycles. The molecule has 2 aromatic heterocycles. The molecule has 114 valence electrons. The standard InChI is InChI=1S/C14H18N4O2.ClH/c1-9-5-10(7-15)8-18(9)14(19)12-6-11(16-17-12)13-3-2-4-20-13;/h2-4,6,9-10H,5,7-8,15H2,1H3,(H,16,17);1H. The van der Waals surface area contributed by atoms with Gasteiger partial charge in [-0.15, -0.1) is 12.4 Å². The molecule has 0 spiro atoms. The average Bonchev–Trinajstić information content (AvgIpc) is 3.17. The molecule has 0 radical (unpaired) electrons. The van der Waals surface area contributed by atoms with E-state index in [2.05, 4.69) is 10.2 Å². The van der Waals surface area contributed by atoms with Gasteiger partial charge in [0.15, 0.2) is 11.5 Å². The van der Waals surface area contributed by atoms with E-state index in [0.717, 1.165) is 6.42 Å². The van der Waals surface area contributed by atoms with Crippen LogP contribution in [0.25, 0.3) is 11.5 Å². The molecule has 2 aromatic rings. The molecule has 6 nitrogen and oxygen atoms in total. The van der Waals surface area contributed by atoms with E-state index in [0.29, 0.717) is 36.2 Å². The highest BCUT2D eigenvalue weighted by Gasteiger charge is 2.33. The lowest BCUT2D eigenvalue weighted by Gasteiger charge is -2.20. The van der Waals surface area contributed by atoms with Crippen molar-refractivity contribution in [2.75, 3.05) is 13.1 Å². The van der Waals surface area contributed by atoms with E-state index < -0.39 is 0 Å². The Hall–Kier alpha value is -1.79. The topological polar surface area (TPSA) is 88.1 Å². The largest absolute Gasteiger partial charge is 0.463 e. The molecule has 2 unspecified atom stereocenters. The van der Waals surface area contributed by atoms with Crippen LogP contribution in [0, 0.1) is 5.92 Å². The fourth-order valence-corrected chi connectivity index (χ4v) is 2.73. The molecule has 1 amide bonds. The van der Waals surface area contributed by atoms with Gasteiger partial charge in [-0.1, -0.05) is 0 Å². The molecule has 2 atom stereocenters. The molecule has 1 aliphatic rings. The predicted octanol–water partition coefficient (Wildman–Crippen LogP) is 1.90. The summed E-state index contributed by atoms with van der Waals surface area (Å²) in [5, 5.41) is 6.93. The van der Waals surface area contributed by atoms with Crippen LogP contribution in [0.1, 0.15) is 23.8 Å². The average molecular weight is 311 g/mol. The Balaban J connectivity index is 0.00000161. The van der Waals surface area contributed by atoms with Crippen molar-refractivity contribution >= 4 is 18.3 Å². The summed E-state index contributed by atoms with van der Waals surface area (Å²) in [6.07, 6.45) is 2.55. The van der Waals surface area contributed by atoms with Crippen molar-refractivity contribution in [3.63, 3.8) is 0 Å². The van der Waals surface area contributed by atoms with E-state index in [9.17, 15) is 4.79 Å². The first-order chi connectivity index (χ1) is 9.69. The molecule has 3 rings (SSSR count). The van der Waals surface area contributed by atoms with Crippen molar-refractivity contribution in [2.24, 2.45) is 11.7 Å². The van der Waals surface area contributed by atoms with Gasteiger partial charge in [-0.2, -0.15) is 5.10 Å². The molecule has 0 aromatic carbocycles. The summed E-state index contributed by atoms with van der Waals surface area (Å²) in [6, 6.07) is 5.56. The predicted molar refractivity (Wildman–Crippen MR) is 81.2 cm³/mol. The minimum atomic E-state index is -0.0532. The number of amides is 1. The highest BCUT2D eigenvalue weighted by atomic mass is 35.5. The highest BCUT2D eigenvalue weighted by Crippen LogP contribution is 2.25. The van der Waals surface area contributed by atoms with Crippen LogP contribution in [-0.2, 0) is 0 Å². The van der Waals surface area contributed by atoms with E-state index in [1.54, 1.807) is 18.4 Å². The summed E-state index contributed by atoms with van der Waals surface area (Å²) in [4.78, 5) is 14.3. The number of nitrogens with zero attached hydrogens (tertiary/aromatic N) is 2. The molecule has 0 aliphatic carbocycles. The monoisotopic (exact) mass is 310 g/mol. The first kappa shape index (κ1) is 15.6. The van der Waals surface area contributed by atoms with Crippen molar-refractivity contribution in [2.45, 2.75) is 19.4 Å². The highest BCUT2D eigenvalue weighted by molar-refractivity contribution is 5.93. The Labute approximate surface area is 129 Å². The summed E-state index contributed by atoms with van der Waals surface area (Å²) >= 11 is 0. The van der Waals surface area contributed by atoms with E-state index in [1.165, 1.54) is 0 Å². The maximum atomic E-state index is 12.5. The zero-order chi connectivity index (χ0) is 14.1. The second kappa shape index (κ2) is 6.32. The number of H-pyrrole nitrogens is 1. The third kappa shape index (κ3) is 2.96. The molecule has 3 N–H and O–H groups in total. The van der Waals surface area contributed by atoms with Gasteiger partial charge in [0.1, 0.15) is 5.69 Å². The second-order valence-corrected chi connectivity index (χ2v) is 5.29. The number of likely N-dealkylation sites (tertiary alicyclic amines) is 1. The quantitative estimate of drug-likeness (QED) is 0.906. The first-order valence-corrected chi connectivity index (χ1v) is 6.79. The van der Waals surface area contributed by atoms with Crippen LogP contribution in [0.2, 0.25) is 0 Å². The number of carbonyl (C=O) groups is 1. The van der Waals surface area contributed by atoms with E-state index in [4.69, 9.17) is 10.2 Å². The minimum absolute atomic E-state index is 0. The third-order valence-corrected chi connectivity index (χ3v) is 3.84. The molecule has 0 bridgehead atoms. The Morgan fingerprint density at radius 1 is 1.62 bits per heavy atom. The molecular formula is C14H19ClN4O2. The van der Waals surface area contributed by atoms with Crippen LogP contribution in [0.4, 0.5) is 0 Å². The first-order valence-electron chi connectivity index (χ1n) is 6.79. The fraction of sp³-hybridized carbons (Fsp3) is 0.429. The maximum Gasteiger partial charge on any atom is 0.274 e. The van der Waals surface area contributed by atoms with Crippen molar-refractivity contribution < 1.29 is 9.21 Å². The number of furan rings is 1. The van der Waals surface area contributed by atoms with Crippen LogP contribution in [0.15, 0.2) is 28.9 Å². The number of halogens is 1. The maximum absolute atomic E-state index is 12.5. The molecule has 1 saturated heterocycles. The van der Waals surface area contributed by atoms with Crippen molar-refractivity contribution in [1.29, 1.82) is 0 Å². The van der Waals surface area contributed by atoms with Gasteiger partial charge in [0.2, 0.25) is 0 Å². The molecule has 1 fully saturated rings. The number of aromatic nitrogens is 2. The van der Waals surface area contributed by atoms with Gasteiger partial charge in [0, 0.05) is 18.7 Å². The Kier molecular flexibility index (Phi) is 4.69.